The number of carbonyl (C=O) groups is 1. The topological polar surface area (TPSA) is 66.5 Å². The Morgan fingerprint density at radius 3 is 2.77 bits per heavy atom. The van der Waals surface area contributed by atoms with Crippen molar-refractivity contribution in [1.29, 1.82) is 0 Å². The first-order chi connectivity index (χ1) is 10.2. The first kappa shape index (κ1) is 16.7. The zero-order valence-corrected chi connectivity index (χ0v) is 13.0. The van der Waals surface area contributed by atoms with Gasteiger partial charge in [0.1, 0.15) is 21.5 Å². The number of carbonyl (C=O) groups excluding carboxylic acids is 1. The predicted molar refractivity (Wildman–Crippen MR) is 79.4 cm³/mol. The van der Waals surface area contributed by atoms with Gasteiger partial charge >= 0.3 is 6.03 Å². The number of hydrogen-bond acceptors (Lipinski definition) is 3. The lowest BCUT2D eigenvalue weighted by Crippen LogP contribution is -2.44. The van der Waals surface area contributed by atoms with Crippen LogP contribution in [-0.4, -0.2) is 44.4 Å². The second-order valence-corrected chi connectivity index (χ2v) is 7.79. The molecule has 0 saturated carbocycles. The molecule has 22 heavy (non-hydrogen) atoms. The van der Waals surface area contributed by atoms with Gasteiger partial charge in [-0.1, -0.05) is 0 Å². The van der Waals surface area contributed by atoms with Crippen LogP contribution >= 0.6 is 0 Å². The van der Waals surface area contributed by atoms with Gasteiger partial charge in [-0.15, -0.1) is 0 Å². The van der Waals surface area contributed by atoms with Crippen LogP contribution in [0.2, 0.25) is 0 Å². The van der Waals surface area contributed by atoms with Gasteiger partial charge < -0.3 is 10.2 Å². The molecule has 0 aliphatic carbocycles. The highest BCUT2D eigenvalue weighted by Gasteiger charge is 2.26. The van der Waals surface area contributed by atoms with Gasteiger partial charge in [-0.05, 0) is 30.9 Å². The Morgan fingerprint density at radius 1 is 1.41 bits per heavy atom. The third-order valence-electron chi connectivity index (χ3n) is 3.52. The number of urea groups is 1. The Morgan fingerprint density at radius 2 is 2.14 bits per heavy atom. The lowest BCUT2D eigenvalue weighted by atomic mass is 10.0. The normalized spacial score (nSPS) is 19.0. The second kappa shape index (κ2) is 6.60. The quantitative estimate of drug-likeness (QED) is 0.923. The van der Waals surface area contributed by atoms with E-state index >= 15 is 0 Å². The molecule has 1 N–H and O–H groups in total. The Kier molecular flexibility index (Phi) is 5.00. The summed E-state index contributed by atoms with van der Waals surface area (Å²) in [4.78, 5) is 13.6. The first-order valence-corrected chi connectivity index (χ1v) is 8.99. The summed E-state index contributed by atoms with van der Waals surface area (Å²) in [5.74, 6) is -1.66. The second-order valence-electron chi connectivity index (χ2n) is 5.60. The van der Waals surface area contributed by atoms with Crippen molar-refractivity contribution < 1.29 is 22.0 Å². The van der Waals surface area contributed by atoms with Gasteiger partial charge in [0.2, 0.25) is 0 Å². The number of hydrogen-bond donors (Lipinski definition) is 1. The molecule has 0 radical (unpaired) electrons. The number of rotatable bonds is 3. The van der Waals surface area contributed by atoms with E-state index < -0.39 is 27.5 Å². The van der Waals surface area contributed by atoms with E-state index in [0.717, 1.165) is 18.6 Å². The molecule has 1 aliphatic rings. The zero-order valence-electron chi connectivity index (χ0n) is 12.2. The maximum atomic E-state index is 13.5. The number of nitrogens with zero attached hydrogens (tertiary/aromatic N) is 1. The van der Waals surface area contributed by atoms with Crippen molar-refractivity contribution in [2.45, 2.75) is 12.8 Å². The van der Waals surface area contributed by atoms with Crippen LogP contribution < -0.4 is 5.32 Å². The van der Waals surface area contributed by atoms with Crippen molar-refractivity contribution in [3.8, 4) is 0 Å². The number of amides is 2. The van der Waals surface area contributed by atoms with Crippen LogP contribution in [-0.2, 0) is 9.84 Å². The van der Waals surface area contributed by atoms with Gasteiger partial charge in [0.15, 0.2) is 0 Å². The fourth-order valence-corrected chi connectivity index (χ4v) is 3.73. The average Bonchev–Trinajstić information content (AvgIpc) is 2.40. The SMILES string of the molecule is CS(=O)(=O)CC1CCCN(C(=O)Nc2ccc(F)cc2F)C1. The summed E-state index contributed by atoms with van der Waals surface area (Å²) in [5, 5.41) is 2.39. The number of nitrogens with one attached hydrogen (secondary N) is 1. The molecule has 1 aromatic carbocycles. The molecule has 1 aliphatic heterocycles. The van der Waals surface area contributed by atoms with Gasteiger partial charge in [-0.25, -0.2) is 22.0 Å². The monoisotopic (exact) mass is 332 g/mol. The minimum atomic E-state index is -3.10. The van der Waals surface area contributed by atoms with E-state index in [4.69, 9.17) is 0 Å². The number of piperidine rings is 1. The molecule has 1 saturated heterocycles. The van der Waals surface area contributed by atoms with E-state index in [1.807, 2.05) is 0 Å². The van der Waals surface area contributed by atoms with Crippen molar-refractivity contribution in [3.05, 3.63) is 29.8 Å². The van der Waals surface area contributed by atoms with Crippen LogP contribution in [0.5, 0.6) is 0 Å². The molecule has 1 heterocycles. The minimum Gasteiger partial charge on any atom is -0.324 e. The van der Waals surface area contributed by atoms with Gasteiger partial charge in [0.25, 0.3) is 0 Å². The number of benzene rings is 1. The summed E-state index contributed by atoms with van der Waals surface area (Å²) < 4.78 is 49.0. The van der Waals surface area contributed by atoms with Crippen LogP contribution in [0.3, 0.4) is 0 Å². The van der Waals surface area contributed by atoms with E-state index in [9.17, 15) is 22.0 Å². The highest BCUT2D eigenvalue weighted by atomic mass is 32.2. The maximum absolute atomic E-state index is 13.5. The summed E-state index contributed by atoms with van der Waals surface area (Å²) in [6.45, 7) is 0.788. The summed E-state index contributed by atoms with van der Waals surface area (Å²) in [7, 11) is -3.10. The van der Waals surface area contributed by atoms with Crippen LogP contribution in [0.25, 0.3) is 0 Å². The van der Waals surface area contributed by atoms with E-state index in [2.05, 4.69) is 5.32 Å². The van der Waals surface area contributed by atoms with Gasteiger partial charge in [0, 0.05) is 25.4 Å². The molecule has 1 unspecified atom stereocenters. The Hall–Kier alpha value is -1.70. The number of likely N-dealkylation sites (tertiary alicyclic amines) is 1. The van der Waals surface area contributed by atoms with Crippen LogP contribution in [0.4, 0.5) is 19.3 Å². The van der Waals surface area contributed by atoms with Gasteiger partial charge in [0.05, 0.1) is 11.4 Å². The van der Waals surface area contributed by atoms with Crippen molar-refractivity contribution in [2.24, 2.45) is 5.92 Å². The van der Waals surface area contributed by atoms with Crippen molar-refractivity contribution in [3.63, 3.8) is 0 Å². The Labute approximate surface area is 128 Å². The molecule has 0 bridgehead atoms. The zero-order chi connectivity index (χ0) is 16.3. The average molecular weight is 332 g/mol. The van der Waals surface area contributed by atoms with Crippen LogP contribution in [0.15, 0.2) is 18.2 Å². The molecule has 1 atom stereocenters. The molecular formula is C14H18F2N2O3S. The van der Waals surface area contributed by atoms with Crippen LogP contribution in [0.1, 0.15) is 12.8 Å². The highest BCUT2D eigenvalue weighted by molar-refractivity contribution is 7.90. The van der Waals surface area contributed by atoms with Crippen molar-refractivity contribution >= 4 is 21.6 Å². The number of sulfone groups is 1. The van der Waals surface area contributed by atoms with Crippen molar-refractivity contribution in [2.75, 3.05) is 30.4 Å². The fraction of sp³-hybridized carbons (Fsp3) is 0.500. The molecule has 1 aromatic rings. The molecule has 5 nitrogen and oxygen atoms in total. The lowest BCUT2D eigenvalue weighted by molar-refractivity contribution is 0.182. The smallest absolute Gasteiger partial charge is 0.321 e. The fourth-order valence-electron chi connectivity index (χ4n) is 2.60. The third kappa shape index (κ3) is 4.66. The predicted octanol–water partition coefficient (Wildman–Crippen LogP) is 2.25. The van der Waals surface area contributed by atoms with Gasteiger partial charge in [-0.2, -0.15) is 0 Å². The molecule has 1 fully saturated rings. The molecular weight excluding hydrogens is 314 g/mol. The maximum Gasteiger partial charge on any atom is 0.321 e. The third-order valence-corrected chi connectivity index (χ3v) is 4.59. The van der Waals surface area contributed by atoms with Crippen molar-refractivity contribution in [1.82, 2.24) is 4.90 Å². The minimum absolute atomic E-state index is 0.0295. The van der Waals surface area contributed by atoms with E-state index in [-0.39, 0.29) is 17.4 Å². The standard InChI is InChI=1S/C14H18F2N2O3S/c1-22(20,21)9-10-3-2-6-18(8-10)14(19)17-13-5-4-11(15)7-12(13)16/h4-5,7,10H,2-3,6,8-9H2,1H3,(H,17,19). The number of halogens is 2. The molecule has 2 amide bonds. The Balaban J connectivity index is 2.00. The van der Waals surface area contributed by atoms with Crippen LogP contribution in [0, 0.1) is 17.6 Å². The van der Waals surface area contributed by atoms with E-state index in [1.54, 1.807) is 0 Å². The highest BCUT2D eigenvalue weighted by Crippen LogP contribution is 2.20. The molecule has 122 valence electrons. The summed E-state index contributed by atoms with van der Waals surface area (Å²) in [5.41, 5.74) is -0.100. The van der Waals surface area contributed by atoms with E-state index in [1.165, 1.54) is 11.2 Å². The lowest BCUT2D eigenvalue weighted by Gasteiger charge is -2.32. The van der Waals surface area contributed by atoms with E-state index in [0.29, 0.717) is 25.6 Å². The number of anilines is 1. The molecule has 0 aromatic heterocycles. The van der Waals surface area contributed by atoms with Gasteiger partial charge in [-0.3, -0.25) is 0 Å². The summed E-state index contributed by atoms with van der Waals surface area (Å²) in [6, 6.07) is 2.39. The molecule has 0 spiro atoms. The summed E-state index contributed by atoms with van der Waals surface area (Å²) >= 11 is 0. The Bertz CT molecular complexity index is 664. The largest absolute Gasteiger partial charge is 0.324 e. The summed E-state index contributed by atoms with van der Waals surface area (Å²) in [6.07, 6.45) is 2.60. The molecule has 8 heteroatoms. The first-order valence-electron chi connectivity index (χ1n) is 6.93. The molecule has 2 rings (SSSR count).